The van der Waals surface area contributed by atoms with Crippen molar-refractivity contribution in [1.82, 2.24) is 0 Å². The van der Waals surface area contributed by atoms with Crippen LogP contribution in [0.2, 0.25) is 0 Å². The van der Waals surface area contributed by atoms with E-state index in [4.69, 9.17) is 5.11 Å². The molecule has 0 saturated heterocycles. The van der Waals surface area contributed by atoms with E-state index in [9.17, 15) is 0 Å². The third-order valence-corrected chi connectivity index (χ3v) is 2.72. The molecule has 2 aromatic carbocycles. The third kappa shape index (κ3) is 2.86. The molecule has 0 aliphatic rings. The van der Waals surface area contributed by atoms with Crippen molar-refractivity contribution >= 4 is 34.0 Å². The Morgan fingerprint density at radius 2 is 1.27 bits per heavy atom. The Balaban J connectivity index is 2.15. The van der Waals surface area contributed by atoms with Gasteiger partial charge < -0.3 is 10.4 Å². The van der Waals surface area contributed by atoms with Gasteiger partial charge in [-0.05, 0) is 71.1 Å². The normalized spacial score (nSPS) is 9.93. The number of rotatable bonds is 2. The van der Waals surface area contributed by atoms with E-state index in [0.29, 0.717) is 0 Å². The van der Waals surface area contributed by atoms with E-state index >= 15 is 0 Å². The standard InChI is InChI=1S/C12H10INO/c13-9-1-3-10(4-2-9)14-11-5-7-12(15)8-6-11/h1-8,14-15H. The highest BCUT2D eigenvalue weighted by Gasteiger charge is 1.94. The second-order valence-corrected chi connectivity index (χ2v) is 4.42. The molecule has 76 valence electrons. The van der Waals surface area contributed by atoms with Gasteiger partial charge in [-0.3, -0.25) is 0 Å². The Kier molecular flexibility index (Phi) is 3.11. The average molecular weight is 311 g/mol. The fourth-order valence-electron chi connectivity index (χ4n) is 1.24. The lowest BCUT2D eigenvalue weighted by atomic mass is 10.2. The fourth-order valence-corrected chi connectivity index (χ4v) is 1.60. The fraction of sp³-hybridized carbons (Fsp3) is 0. The maximum atomic E-state index is 9.13. The van der Waals surface area contributed by atoms with E-state index < -0.39 is 0 Å². The summed E-state index contributed by atoms with van der Waals surface area (Å²) < 4.78 is 1.21. The Bertz CT molecular complexity index is 393. The number of phenols is 1. The van der Waals surface area contributed by atoms with Crippen LogP contribution in [0.25, 0.3) is 0 Å². The van der Waals surface area contributed by atoms with Gasteiger partial charge in [0, 0.05) is 14.9 Å². The molecular formula is C12H10INO. The van der Waals surface area contributed by atoms with Gasteiger partial charge in [0.2, 0.25) is 0 Å². The first-order chi connectivity index (χ1) is 7.24. The van der Waals surface area contributed by atoms with Crippen molar-refractivity contribution in [2.45, 2.75) is 0 Å². The number of anilines is 2. The SMILES string of the molecule is Oc1ccc(Nc2ccc(I)cc2)cc1. The van der Waals surface area contributed by atoms with E-state index in [1.165, 1.54) is 3.57 Å². The van der Waals surface area contributed by atoms with Crippen LogP contribution < -0.4 is 5.32 Å². The first kappa shape index (κ1) is 10.3. The molecule has 0 atom stereocenters. The maximum absolute atomic E-state index is 9.13. The summed E-state index contributed by atoms with van der Waals surface area (Å²) in [5.74, 6) is 0.281. The summed E-state index contributed by atoms with van der Waals surface area (Å²) in [6, 6.07) is 15.1. The summed E-state index contributed by atoms with van der Waals surface area (Å²) in [4.78, 5) is 0. The van der Waals surface area contributed by atoms with Crippen molar-refractivity contribution in [3.8, 4) is 5.75 Å². The zero-order chi connectivity index (χ0) is 10.7. The van der Waals surface area contributed by atoms with Crippen LogP contribution in [0, 0.1) is 3.57 Å². The number of benzene rings is 2. The van der Waals surface area contributed by atoms with Gasteiger partial charge >= 0.3 is 0 Å². The van der Waals surface area contributed by atoms with Crippen molar-refractivity contribution in [2.75, 3.05) is 5.32 Å². The molecular weight excluding hydrogens is 301 g/mol. The second-order valence-electron chi connectivity index (χ2n) is 3.18. The molecule has 0 heterocycles. The third-order valence-electron chi connectivity index (χ3n) is 2.00. The summed E-state index contributed by atoms with van der Waals surface area (Å²) in [5, 5.41) is 12.4. The van der Waals surface area contributed by atoms with Gasteiger partial charge in [-0.25, -0.2) is 0 Å². The molecule has 0 spiro atoms. The highest BCUT2D eigenvalue weighted by molar-refractivity contribution is 14.1. The molecule has 2 N–H and O–H groups in total. The van der Waals surface area contributed by atoms with E-state index in [-0.39, 0.29) is 5.75 Å². The van der Waals surface area contributed by atoms with E-state index in [2.05, 4.69) is 27.9 Å². The summed E-state index contributed by atoms with van der Waals surface area (Å²) in [5.41, 5.74) is 2.01. The number of halogens is 1. The van der Waals surface area contributed by atoms with Crippen LogP contribution in [-0.2, 0) is 0 Å². The molecule has 0 saturated carbocycles. The van der Waals surface area contributed by atoms with Gasteiger partial charge in [0.05, 0.1) is 0 Å². The smallest absolute Gasteiger partial charge is 0.115 e. The first-order valence-corrected chi connectivity index (χ1v) is 5.63. The van der Waals surface area contributed by atoms with Gasteiger partial charge in [0.25, 0.3) is 0 Å². The summed E-state index contributed by atoms with van der Waals surface area (Å²) in [6.07, 6.45) is 0. The molecule has 2 aromatic rings. The molecule has 0 bridgehead atoms. The molecule has 0 aliphatic heterocycles. The highest BCUT2D eigenvalue weighted by Crippen LogP contribution is 2.19. The minimum absolute atomic E-state index is 0.281. The van der Waals surface area contributed by atoms with Crippen LogP contribution in [0.4, 0.5) is 11.4 Å². The topological polar surface area (TPSA) is 32.3 Å². The Morgan fingerprint density at radius 3 is 1.80 bits per heavy atom. The van der Waals surface area contributed by atoms with Crippen molar-refractivity contribution in [1.29, 1.82) is 0 Å². The number of phenolic OH excluding ortho intramolecular Hbond substituents is 1. The van der Waals surface area contributed by atoms with E-state index in [0.717, 1.165) is 11.4 Å². The lowest BCUT2D eigenvalue weighted by molar-refractivity contribution is 0.475. The predicted molar refractivity (Wildman–Crippen MR) is 70.5 cm³/mol. The zero-order valence-corrected chi connectivity index (χ0v) is 10.1. The van der Waals surface area contributed by atoms with Crippen molar-refractivity contribution in [3.05, 3.63) is 52.1 Å². The summed E-state index contributed by atoms with van der Waals surface area (Å²) >= 11 is 2.27. The van der Waals surface area contributed by atoms with Crippen LogP contribution in [0.3, 0.4) is 0 Å². The first-order valence-electron chi connectivity index (χ1n) is 4.56. The minimum atomic E-state index is 0.281. The van der Waals surface area contributed by atoms with Gasteiger partial charge in [-0.2, -0.15) is 0 Å². The monoisotopic (exact) mass is 311 g/mol. The van der Waals surface area contributed by atoms with Gasteiger partial charge in [0.1, 0.15) is 5.75 Å². The quantitative estimate of drug-likeness (QED) is 0.654. The van der Waals surface area contributed by atoms with Crippen LogP contribution in [0.5, 0.6) is 5.75 Å². The average Bonchev–Trinajstić information content (AvgIpc) is 2.25. The molecule has 0 radical (unpaired) electrons. The second kappa shape index (κ2) is 4.53. The highest BCUT2D eigenvalue weighted by atomic mass is 127. The Hall–Kier alpha value is -1.23. The van der Waals surface area contributed by atoms with E-state index in [1.807, 2.05) is 36.4 Å². The van der Waals surface area contributed by atoms with Crippen LogP contribution in [-0.4, -0.2) is 5.11 Å². The van der Waals surface area contributed by atoms with Gasteiger partial charge in [-0.1, -0.05) is 0 Å². The van der Waals surface area contributed by atoms with Crippen LogP contribution >= 0.6 is 22.6 Å². The minimum Gasteiger partial charge on any atom is -0.508 e. The van der Waals surface area contributed by atoms with Gasteiger partial charge in [-0.15, -0.1) is 0 Å². The number of nitrogens with one attached hydrogen (secondary N) is 1. The summed E-state index contributed by atoms with van der Waals surface area (Å²) in [7, 11) is 0. The molecule has 2 rings (SSSR count). The number of hydrogen-bond acceptors (Lipinski definition) is 2. The van der Waals surface area contributed by atoms with E-state index in [1.54, 1.807) is 12.1 Å². The zero-order valence-electron chi connectivity index (χ0n) is 7.94. The summed E-state index contributed by atoms with van der Waals surface area (Å²) in [6.45, 7) is 0. The molecule has 0 unspecified atom stereocenters. The van der Waals surface area contributed by atoms with Crippen LogP contribution in [0.15, 0.2) is 48.5 Å². The van der Waals surface area contributed by atoms with Crippen molar-refractivity contribution in [3.63, 3.8) is 0 Å². The molecule has 3 heteroatoms. The predicted octanol–water partition coefficient (Wildman–Crippen LogP) is 3.74. The van der Waals surface area contributed by atoms with Gasteiger partial charge in [0.15, 0.2) is 0 Å². The van der Waals surface area contributed by atoms with Crippen molar-refractivity contribution < 1.29 is 5.11 Å². The molecule has 0 amide bonds. The van der Waals surface area contributed by atoms with Crippen LogP contribution in [0.1, 0.15) is 0 Å². The molecule has 15 heavy (non-hydrogen) atoms. The Labute approximate surface area is 102 Å². The molecule has 0 aromatic heterocycles. The largest absolute Gasteiger partial charge is 0.508 e. The number of hydrogen-bond donors (Lipinski definition) is 2. The molecule has 2 nitrogen and oxygen atoms in total. The molecule has 0 fully saturated rings. The molecule has 0 aliphatic carbocycles. The lowest BCUT2D eigenvalue weighted by Crippen LogP contribution is -1.89. The lowest BCUT2D eigenvalue weighted by Gasteiger charge is -2.06. The Morgan fingerprint density at radius 1 is 0.800 bits per heavy atom. The maximum Gasteiger partial charge on any atom is 0.115 e. The number of aromatic hydroxyl groups is 1. The van der Waals surface area contributed by atoms with Crippen molar-refractivity contribution in [2.24, 2.45) is 0 Å².